The van der Waals surface area contributed by atoms with Gasteiger partial charge in [0.25, 0.3) is 0 Å². The van der Waals surface area contributed by atoms with Crippen LogP contribution in [0.3, 0.4) is 0 Å². The minimum Gasteiger partial charge on any atom is -0.330 e. The van der Waals surface area contributed by atoms with E-state index in [0.29, 0.717) is 6.54 Å². The van der Waals surface area contributed by atoms with E-state index in [9.17, 15) is 18.0 Å². The van der Waals surface area contributed by atoms with E-state index in [2.05, 4.69) is 41.4 Å². The molecule has 30 heavy (non-hydrogen) atoms. The van der Waals surface area contributed by atoms with Crippen molar-refractivity contribution in [1.82, 2.24) is 15.2 Å². The van der Waals surface area contributed by atoms with E-state index >= 15 is 0 Å². The maximum atomic E-state index is 12.8. The first kappa shape index (κ1) is 20.7. The molecular formula is C22H25F3N4O. The van der Waals surface area contributed by atoms with Crippen LogP contribution >= 0.6 is 0 Å². The van der Waals surface area contributed by atoms with E-state index in [0.717, 1.165) is 37.9 Å². The fourth-order valence-corrected chi connectivity index (χ4v) is 4.77. The summed E-state index contributed by atoms with van der Waals surface area (Å²) in [5.74, 6) is 0.241. The topological polar surface area (TPSA) is 48.5 Å². The highest BCUT2D eigenvalue weighted by atomic mass is 19.4. The van der Waals surface area contributed by atoms with Gasteiger partial charge in [0.05, 0.1) is 17.6 Å². The molecule has 1 aliphatic carbocycles. The Morgan fingerprint density at radius 2 is 1.70 bits per heavy atom. The number of urea groups is 1. The van der Waals surface area contributed by atoms with Gasteiger partial charge in [-0.2, -0.15) is 13.2 Å². The molecule has 2 aromatic rings. The van der Waals surface area contributed by atoms with E-state index in [1.807, 2.05) is 18.2 Å². The Balaban J connectivity index is 1.52. The number of rotatable bonds is 3. The van der Waals surface area contributed by atoms with Gasteiger partial charge in [-0.25, -0.2) is 9.78 Å². The van der Waals surface area contributed by atoms with Crippen molar-refractivity contribution in [3.05, 3.63) is 59.8 Å². The van der Waals surface area contributed by atoms with Gasteiger partial charge < -0.3 is 5.32 Å². The first-order valence-electron chi connectivity index (χ1n) is 10.0. The number of alkyl halides is 3. The minimum atomic E-state index is -4.45. The number of halogens is 3. The van der Waals surface area contributed by atoms with Crippen molar-refractivity contribution in [3.8, 4) is 0 Å². The molecule has 5 nitrogen and oxygen atoms in total. The van der Waals surface area contributed by atoms with E-state index < -0.39 is 17.3 Å². The molecule has 1 N–H and O–H groups in total. The highest BCUT2D eigenvalue weighted by Gasteiger charge is 2.50. The molecule has 1 saturated heterocycles. The molecule has 1 aliphatic heterocycles. The first-order chi connectivity index (χ1) is 14.2. The molecule has 0 atom stereocenters. The second-order valence-electron chi connectivity index (χ2n) is 8.49. The van der Waals surface area contributed by atoms with Crippen molar-refractivity contribution in [2.45, 2.75) is 42.9 Å². The van der Waals surface area contributed by atoms with Crippen molar-refractivity contribution in [2.24, 2.45) is 0 Å². The fourth-order valence-electron chi connectivity index (χ4n) is 4.77. The number of carbonyl (C=O) groups is 1. The summed E-state index contributed by atoms with van der Waals surface area (Å²) in [6.45, 7) is 0.405. The van der Waals surface area contributed by atoms with E-state index in [1.165, 1.54) is 16.5 Å². The lowest BCUT2D eigenvalue weighted by molar-refractivity contribution is -0.137. The summed E-state index contributed by atoms with van der Waals surface area (Å²) < 4.78 is 38.4. The molecule has 8 heteroatoms. The molecule has 1 spiro atoms. The normalized spacial score (nSPS) is 27.0. The van der Waals surface area contributed by atoms with Gasteiger partial charge in [0.2, 0.25) is 0 Å². The second-order valence-corrected chi connectivity index (χ2v) is 8.49. The average molecular weight is 418 g/mol. The highest BCUT2D eigenvalue weighted by Crippen LogP contribution is 2.46. The molecule has 1 saturated carbocycles. The number of amides is 2. The third-order valence-electron chi connectivity index (χ3n) is 6.63. The standard InChI is InChI=1S/C22H25F3N4O/c1-28(2)21(16-6-4-3-5-7-16)12-10-20(11-13-21)15-29(19(30)27-20)18-9-8-17(14-26-18)22(23,24)25/h3-9,14H,10-13,15H2,1-2H3,(H,27,30)/t20-,21+. The second kappa shape index (κ2) is 7.27. The van der Waals surface area contributed by atoms with Crippen molar-refractivity contribution >= 4 is 11.8 Å². The zero-order chi connectivity index (χ0) is 21.6. The average Bonchev–Trinajstić information content (AvgIpc) is 3.04. The summed E-state index contributed by atoms with van der Waals surface area (Å²) in [7, 11) is 4.16. The number of pyridine rings is 1. The Bertz CT molecular complexity index is 904. The Labute approximate surface area is 173 Å². The predicted octanol–water partition coefficient (Wildman–Crippen LogP) is 4.40. The Morgan fingerprint density at radius 3 is 2.23 bits per heavy atom. The maximum Gasteiger partial charge on any atom is 0.417 e. The quantitative estimate of drug-likeness (QED) is 0.804. The molecular weight excluding hydrogens is 393 g/mol. The molecule has 2 amide bonds. The highest BCUT2D eigenvalue weighted by molar-refractivity contribution is 5.94. The van der Waals surface area contributed by atoms with Gasteiger partial charge in [-0.05, 0) is 57.5 Å². The molecule has 2 heterocycles. The summed E-state index contributed by atoms with van der Waals surface area (Å²) >= 11 is 0. The lowest BCUT2D eigenvalue weighted by Gasteiger charge is -2.48. The van der Waals surface area contributed by atoms with Crippen LogP contribution in [-0.2, 0) is 11.7 Å². The van der Waals surface area contributed by atoms with Crippen molar-refractivity contribution < 1.29 is 18.0 Å². The van der Waals surface area contributed by atoms with Crippen LogP contribution in [0.5, 0.6) is 0 Å². The Morgan fingerprint density at radius 1 is 1.03 bits per heavy atom. The van der Waals surface area contributed by atoms with Crippen LogP contribution in [0.15, 0.2) is 48.7 Å². The predicted molar refractivity (Wildman–Crippen MR) is 108 cm³/mol. The number of carbonyl (C=O) groups excluding carboxylic acids is 1. The van der Waals surface area contributed by atoms with Crippen LogP contribution < -0.4 is 10.2 Å². The Hall–Kier alpha value is -2.61. The molecule has 4 rings (SSSR count). The van der Waals surface area contributed by atoms with Crippen molar-refractivity contribution in [2.75, 3.05) is 25.5 Å². The van der Waals surface area contributed by atoms with Crippen LogP contribution in [0.25, 0.3) is 0 Å². The van der Waals surface area contributed by atoms with Gasteiger partial charge in [0.1, 0.15) is 5.82 Å². The number of anilines is 1. The molecule has 1 aromatic carbocycles. The van der Waals surface area contributed by atoms with Gasteiger partial charge in [-0.15, -0.1) is 0 Å². The zero-order valence-electron chi connectivity index (χ0n) is 17.0. The van der Waals surface area contributed by atoms with Gasteiger partial charge in [0, 0.05) is 11.7 Å². The van der Waals surface area contributed by atoms with Crippen LogP contribution in [0.4, 0.5) is 23.8 Å². The number of hydrogen-bond donors (Lipinski definition) is 1. The van der Waals surface area contributed by atoms with Crippen LogP contribution in [-0.4, -0.2) is 42.1 Å². The van der Waals surface area contributed by atoms with Gasteiger partial charge in [0.15, 0.2) is 0 Å². The zero-order valence-corrected chi connectivity index (χ0v) is 17.0. The number of hydrogen-bond acceptors (Lipinski definition) is 3. The SMILES string of the molecule is CN(C)[C@]1(c2ccccc2)CC[C@]2(CC1)CN(c1ccc(C(F)(F)F)cn1)C(=O)N2. The molecule has 0 bridgehead atoms. The molecule has 160 valence electrons. The number of nitrogens with zero attached hydrogens (tertiary/aromatic N) is 3. The Kier molecular flexibility index (Phi) is 5.00. The number of benzene rings is 1. The van der Waals surface area contributed by atoms with Gasteiger partial charge in [-0.3, -0.25) is 9.80 Å². The lowest BCUT2D eigenvalue weighted by atomic mass is 9.69. The smallest absolute Gasteiger partial charge is 0.330 e. The largest absolute Gasteiger partial charge is 0.417 e. The van der Waals surface area contributed by atoms with Crippen LogP contribution in [0.2, 0.25) is 0 Å². The van der Waals surface area contributed by atoms with Gasteiger partial charge >= 0.3 is 12.2 Å². The number of nitrogens with one attached hydrogen (secondary N) is 1. The van der Waals surface area contributed by atoms with E-state index in [-0.39, 0.29) is 17.4 Å². The summed E-state index contributed by atoms with van der Waals surface area (Å²) in [5, 5.41) is 3.10. The molecule has 2 fully saturated rings. The first-order valence-corrected chi connectivity index (χ1v) is 10.0. The fraction of sp³-hybridized carbons (Fsp3) is 0.455. The summed E-state index contributed by atoms with van der Waals surface area (Å²) in [5.41, 5.74) is -0.0557. The van der Waals surface area contributed by atoms with Crippen LogP contribution in [0, 0.1) is 0 Å². The number of aromatic nitrogens is 1. The molecule has 2 aliphatic rings. The maximum absolute atomic E-state index is 12.8. The summed E-state index contributed by atoms with van der Waals surface area (Å²) in [4.78, 5) is 20.2. The third kappa shape index (κ3) is 3.53. The van der Waals surface area contributed by atoms with Crippen molar-refractivity contribution in [1.29, 1.82) is 0 Å². The third-order valence-corrected chi connectivity index (χ3v) is 6.63. The van der Waals surface area contributed by atoms with E-state index in [1.54, 1.807) is 0 Å². The summed E-state index contributed by atoms with van der Waals surface area (Å²) in [6.07, 6.45) is -0.361. The lowest BCUT2D eigenvalue weighted by Crippen LogP contribution is -2.54. The van der Waals surface area contributed by atoms with Crippen molar-refractivity contribution in [3.63, 3.8) is 0 Å². The summed E-state index contributed by atoms with van der Waals surface area (Å²) in [6, 6.07) is 12.3. The van der Waals surface area contributed by atoms with Gasteiger partial charge in [-0.1, -0.05) is 30.3 Å². The monoisotopic (exact) mass is 418 g/mol. The minimum absolute atomic E-state index is 0.0999. The van der Waals surface area contributed by atoms with Crippen LogP contribution in [0.1, 0.15) is 36.8 Å². The molecule has 1 aromatic heterocycles. The van der Waals surface area contributed by atoms with E-state index in [4.69, 9.17) is 0 Å². The molecule has 0 radical (unpaired) electrons. The molecule has 0 unspecified atom stereocenters.